The summed E-state index contributed by atoms with van der Waals surface area (Å²) in [5.41, 5.74) is 10.9. The Morgan fingerprint density at radius 3 is 2.83 bits per heavy atom. The van der Waals surface area contributed by atoms with Gasteiger partial charge in [0.15, 0.2) is 11.1 Å². The molecule has 0 spiro atoms. The van der Waals surface area contributed by atoms with Gasteiger partial charge in [-0.1, -0.05) is 33.8 Å². The molecular formula is C10H12BrN5OS. The summed E-state index contributed by atoms with van der Waals surface area (Å²) in [7, 11) is 0. The maximum absolute atomic E-state index is 11.6. The summed E-state index contributed by atoms with van der Waals surface area (Å²) in [6, 6.07) is 7.23. The number of hydrogen-bond donors (Lipinski definition) is 4. The zero-order valence-electron chi connectivity index (χ0n) is 9.31. The number of nitrogens with one attached hydrogen (secondary N) is 2. The molecule has 0 saturated carbocycles. The maximum Gasteiger partial charge on any atom is 0.234 e. The third kappa shape index (κ3) is 5.69. The van der Waals surface area contributed by atoms with Crippen molar-refractivity contribution in [1.29, 1.82) is 5.41 Å². The lowest BCUT2D eigenvalue weighted by Crippen LogP contribution is -2.24. The SMILES string of the molecule is N=C(N=C(N)N)SCC(=O)Nc1cccc(Br)c1. The summed E-state index contributed by atoms with van der Waals surface area (Å²) in [6.07, 6.45) is 0. The van der Waals surface area contributed by atoms with Gasteiger partial charge in [0.1, 0.15) is 0 Å². The Morgan fingerprint density at radius 1 is 1.50 bits per heavy atom. The highest BCUT2D eigenvalue weighted by atomic mass is 79.9. The number of halogens is 1. The largest absolute Gasteiger partial charge is 0.370 e. The van der Waals surface area contributed by atoms with Crippen molar-refractivity contribution < 1.29 is 4.79 Å². The molecule has 18 heavy (non-hydrogen) atoms. The quantitative estimate of drug-likeness (QED) is 0.494. The minimum absolute atomic E-state index is 0.0716. The van der Waals surface area contributed by atoms with Crippen LogP contribution in [0.5, 0.6) is 0 Å². The van der Waals surface area contributed by atoms with E-state index in [4.69, 9.17) is 16.9 Å². The number of nitrogens with two attached hydrogens (primary N) is 2. The van der Waals surface area contributed by atoms with Crippen molar-refractivity contribution in [1.82, 2.24) is 0 Å². The van der Waals surface area contributed by atoms with Crippen LogP contribution in [-0.2, 0) is 4.79 Å². The van der Waals surface area contributed by atoms with Crippen LogP contribution in [0.4, 0.5) is 5.69 Å². The van der Waals surface area contributed by atoms with Gasteiger partial charge in [-0.25, -0.2) is 0 Å². The fourth-order valence-electron chi connectivity index (χ4n) is 1.05. The van der Waals surface area contributed by atoms with Crippen LogP contribution in [0.1, 0.15) is 0 Å². The number of amides is 1. The van der Waals surface area contributed by atoms with E-state index in [9.17, 15) is 4.79 Å². The molecule has 0 bridgehead atoms. The molecule has 1 aromatic carbocycles. The first-order valence-corrected chi connectivity index (χ1v) is 6.61. The van der Waals surface area contributed by atoms with Gasteiger partial charge in [0, 0.05) is 10.2 Å². The molecule has 0 atom stereocenters. The van der Waals surface area contributed by atoms with Crippen LogP contribution in [0.25, 0.3) is 0 Å². The van der Waals surface area contributed by atoms with Gasteiger partial charge in [0.2, 0.25) is 5.91 Å². The number of carbonyl (C=O) groups is 1. The van der Waals surface area contributed by atoms with Gasteiger partial charge in [-0.2, -0.15) is 4.99 Å². The van der Waals surface area contributed by atoms with Crippen molar-refractivity contribution in [2.75, 3.05) is 11.1 Å². The van der Waals surface area contributed by atoms with Crippen LogP contribution in [0.3, 0.4) is 0 Å². The summed E-state index contributed by atoms with van der Waals surface area (Å²) in [5, 5.41) is 9.95. The Balaban J connectivity index is 2.43. The van der Waals surface area contributed by atoms with Crippen molar-refractivity contribution in [2.24, 2.45) is 16.5 Å². The average Bonchev–Trinajstić information content (AvgIpc) is 2.25. The Morgan fingerprint density at radius 2 is 2.22 bits per heavy atom. The van der Waals surface area contributed by atoms with Gasteiger partial charge in [-0.3, -0.25) is 10.2 Å². The van der Waals surface area contributed by atoms with Crippen molar-refractivity contribution in [3.8, 4) is 0 Å². The number of benzene rings is 1. The number of nitrogens with zero attached hydrogens (tertiary/aromatic N) is 1. The number of anilines is 1. The van der Waals surface area contributed by atoms with Crippen LogP contribution in [0.15, 0.2) is 33.7 Å². The lowest BCUT2D eigenvalue weighted by Gasteiger charge is -2.04. The molecule has 6 nitrogen and oxygen atoms in total. The predicted molar refractivity (Wildman–Crippen MR) is 78.8 cm³/mol. The monoisotopic (exact) mass is 329 g/mol. The van der Waals surface area contributed by atoms with Gasteiger partial charge < -0.3 is 16.8 Å². The first-order valence-electron chi connectivity index (χ1n) is 4.84. The summed E-state index contributed by atoms with van der Waals surface area (Å²) in [5.74, 6) is -0.351. The molecule has 0 heterocycles. The van der Waals surface area contributed by atoms with E-state index < -0.39 is 0 Å². The summed E-state index contributed by atoms with van der Waals surface area (Å²) >= 11 is 4.25. The van der Waals surface area contributed by atoms with Crippen molar-refractivity contribution in [3.63, 3.8) is 0 Å². The fourth-order valence-corrected chi connectivity index (χ4v) is 1.96. The summed E-state index contributed by atoms with van der Waals surface area (Å²) < 4.78 is 0.876. The molecule has 0 saturated heterocycles. The zero-order chi connectivity index (χ0) is 13.5. The number of hydrogen-bond acceptors (Lipinski definition) is 3. The van der Waals surface area contributed by atoms with E-state index in [1.165, 1.54) is 0 Å². The molecule has 1 aromatic rings. The van der Waals surface area contributed by atoms with Crippen LogP contribution >= 0.6 is 27.7 Å². The molecular weight excluding hydrogens is 318 g/mol. The molecule has 0 aliphatic heterocycles. The molecule has 0 aromatic heterocycles. The van der Waals surface area contributed by atoms with Crippen LogP contribution in [0.2, 0.25) is 0 Å². The molecule has 0 unspecified atom stereocenters. The highest BCUT2D eigenvalue weighted by Gasteiger charge is 2.05. The van der Waals surface area contributed by atoms with Crippen LogP contribution in [0, 0.1) is 5.41 Å². The number of rotatable bonds is 3. The van der Waals surface area contributed by atoms with E-state index >= 15 is 0 Å². The van der Waals surface area contributed by atoms with Crippen molar-refractivity contribution >= 4 is 50.4 Å². The number of thioether (sulfide) groups is 1. The van der Waals surface area contributed by atoms with E-state index in [2.05, 4.69) is 26.2 Å². The molecule has 0 aliphatic carbocycles. The molecule has 8 heteroatoms. The number of carbonyl (C=O) groups excluding carboxylic acids is 1. The molecule has 0 radical (unpaired) electrons. The van der Waals surface area contributed by atoms with Crippen molar-refractivity contribution in [3.05, 3.63) is 28.7 Å². The molecule has 1 amide bonds. The second kappa shape index (κ2) is 7.02. The average molecular weight is 330 g/mol. The molecule has 0 aliphatic rings. The third-order valence-corrected chi connectivity index (χ3v) is 2.94. The number of aliphatic imine (C=N–C) groups is 1. The van der Waals surface area contributed by atoms with Gasteiger partial charge >= 0.3 is 0 Å². The van der Waals surface area contributed by atoms with E-state index in [1.807, 2.05) is 12.1 Å². The second-order valence-electron chi connectivity index (χ2n) is 3.19. The highest BCUT2D eigenvalue weighted by Crippen LogP contribution is 2.16. The molecule has 0 fully saturated rings. The second-order valence-corrected chi connectivity index (χ2v) is 5.07. The zero-order valence-corrected chi connectivity index (χ0v) is 11.7. The third-order valence-electron chi connectivity index (χ3n) is 1.68. The Labute approximate surface area is 117 Å². The highest BCUT2D eigenvalue weighted by molar-refractivity contribution is 9.10. The van der Waals surface area contributed by atoms with Crippen LogP contribution in [-0.4, -0.2) is 22.8 Å². The number of guanidine groups is 1. The van der Waals surface area contributed by atoms with Crippen LogP contribution < -0.4 is 16.8 Å². The van der Waals surface area contributed by atoms with Gasteiger partial charge in [0.25, 0.3) is 0 Å². The Bertz CT molecular complexity index is 487. The first-order chi connectivity index (χ1) is 8.47. The Kier molecular flexibility index (Phi) is 5.66. The van der Waals surface area contributed by atoms with Gasteiger partial charge in [0.05, 0.1) is 5.75 Å². The lowest BCUT2D eigenvalue weighted by molar-refractivity contribution is -0.113. The first kappa shape index (κ1) is 14.5. The Hall–Kier alpha value is -1.54. The van der Waals surface area contributed by atoms with Crippen molar-refractivity contribution in [2.45, 2.75) is 0 Å². The number of amidine groups is 1. The minimum atomic E-state index is -0.228. The van der Waals surface area contributed by atoms with E-state index in [0.29, 0.717) is 5.69 Å². The molecule has 1 rings (SSSR count). The van der Waals surface area contributed by atoms with E-state index in [0.717, 1.165) is 16.2 Å². The van der Waals surface area contributed by atoms with Gasteiger partial charge in [-0.05, 0) is 18.2 Å². The fraction of sp³-hybridized carbons (Fsp3) is 0.100. The van der Waals surface area contributed by atoms with E-state index in [-0.39, 0.29) is 22.8 Å². The maximum atomic E-state index is 11.6. The topological polar surface area (TPSA) is 117 Å². The summed E-state index contributed by atoms with van der Waals surface area (Å²) in [4.78, 5) is 15.1. The normalized spacial score (nSPS) is 9.61. The lowest BCUT2D eigenvalue weighted by atomic mass is 10.3. The predicted octanol–water partition coefficient (Wildman–Crippen LogP) is 1.33. The molecule has 96 valence electrons. The van der Waals surface area contributed by atoms with Gasteiger partial charge in [-0.15, -0.1) is 0 Å². The smallest absolute Gasteiger partial charge is 0.234 e. The van der Waals surface area contributed by atoms with E-state index in [1.54, 1.807) is 12.1 Å². The standard InChI is InChI=1S/C10H12BrN5OS/c11-6-2-1-3-7(4-6)15-8(17)5-18-10(14)16-9(12)13/h1-4H,5H2,(H,15,17)(H5,12,13,14,16). The summed E-state index contributed by atoms with van der Waals surface area (Å²) in [6.45, 7) is 0. The molecule has 6 N–H and O–H groups in total. The minimum Gasteiger partial charge on any atom is -0.370 e.